The molecule has 0 aromatic heterocycles. The predicted molar refractivity (Wildman–Crippen MR) is 64.7 cm³/mol. The van der Waals surface area contributed by atoms with E-state index in [1.165, 1.54) is 12.1 Å². The molecule has 0 radical (unpaired) electrons. The van der Waals surface area contributed by atoms with Crippen molar-refractivity contribution in [1.82, 2.24) is 5.32 Å². The number of carboxylic acids is 1. The van der Waals surface area contributed by atoms with Crippen molar-refractivity contribution in [3.05, 3.63) is 35.4 Å². The van der Waals surface area contributed by atoms with E-state index in [1.54, 1.807) is 6.92 Å². The molecule has 0 bridgehead atoms. The quantitative estimate of drug-likeness (QED) is 0.833. The fourth-order valence-corrected chi connectivity index (χ4v) is 1.51. The first-order valence-electron chi connectivity index (χ1n) is 5.85. The van der Waals surface area contributed by atoms with Crippen LogP contribution in [-0.4, -0.2) is 23.5 Å². The molecule has 0 aliphatic heterocycles. The number of hydrogen-bond donors (Lipinski definition) is 2. The number of amides is 1. The molecule has 0 aliphatic rings. The van der Waals surface area contributed by atoms with Crippen molar-refractivity contribution in [2.24, 2.45) is 5.92 Å². The van der Waals surface area contributed by atoms with Gasteiger partial charge in [-0.2, -0.15) is 0 Å². The zero-order valence-corrected chi connectivity index (χ0v) is 10.5. The number of benzene rings is 1. The van der Waals surface area contributed by atoms with Crippen LogP contribution in [0.25, 0.3) is 0 Å². The zero-order chi connectivity index (χ0) is 14.4. The lowest BCUT2D eigenvalue weighted by atomic mass is 10.1. The van der Waals surface area contributed by atoms with Gasteiger partial charge in [0.15, 0.2) is 11.6 Å². The fourth-order valence-electron chi connectivity index (χ4n) is 1.51. The van der Waals surface area contributed by atoms with E-state index in [2.05, 4.69) is 5.32 Å². The van der Waals surface area contributed by atoms with Gasteiger partial charge in [0.25, 0.3) is 5.91 Å². The highest BCUT2D eigenvalue weighted by atomic mass is 19.2. The standard InChI is InChI=1S/C13H15F2NO3/c1-8(5-6-11(17)18)7-16-13(19)9-3-2-4-10(14)12(9)15/h2-4,8H,5-7H2,1H3,(H,16,19)(H,17,18). The summed E-state index contributed by atoms with van der Waals surface area (Å²) >= 11 is 0. The molecule has 0 spiro atoms. The molecule has 4 nitrogen and oxygen atoms in total. The Morgan fingerprint density at radius 3 is 2.68 bits per heavy atom. The Morgan fingerprint density at radius 1 is 1.37 bits per heavy atom. The minimum atomic E-state index is -1.18. The van der Waals surface area contributed by atoms with Crippen molar-refractivity contribution in [3.8, 4) is 0 Å². The molecule has 1 atom stereocenters. The summed E-state index contributed by atoms with van der Waals surface area (Å²) in [5.41, 5.74) is -0.356. The largest absolute Gasteiger partial charge is 0.481 e. The minimum absolute atomic E-state index is 0.00532. The van der Waals surface area contributed by atoms with Gasteiger partial charge in [-0.15, -0.1) is 0 Å². The summed E-state index contributed by atoms with van der Waals surface area (Å²) < 4.78 is 26.2. The molecular weight excluding hydrogens is 256 g/mol. The van der Waals surface area contributed by atoms with Gasteiger partial charge in [-0.3, -0.25) is 9.59 Å². The lowest BCUT2D eigenvalue weighted by Crippen LogP contribution is -2.29. The summed E-state index contributed by atoms with van der Waals surface area (Å²) in [7, 11) is 0. The number of carbonyl (C=O) groups is 2. The number of halogens is 2. The Balaban J connectivity index is 2.51. The molecule has 19 heavy (non-hydrogen) atoms. The average Bonchev–Trinajstić information content (AvgIpc) is 2.36. The Kier molecular flexibility index (Phi) is 5.41. The van der Waals surface area contributed by atoms with Crippen molar-refractivity contribution in [2.75, 3.05) is 6.54 Å². The van der Waals surface area contributed by atoms with Crippen LogP contribution in [0.3, 0.4) is 0 Å². The summed E-state index contributed by atoms with van der Waals surface area (Å²) in [5.74, 6) is -3.94. The van der Waals surface area contributed by atoms with Crippen LogP contribution in [0.1, 0.15) is 30.1 Å². The van der Waals surface area contributed by atoms with E-state index in [0.717, 1.165) is 6.07 Å². The highest BCUT2D eigenvalue weighted by Gasteiger charge is 2.15. The molecule has 6 heteroatoms. The van der Waals surface area contributed by atoms with Crippen LogP contribution in [0.5, 0.6) is 0 Å². The van der Waals surface area contributed by atoms with E-state index < -0.39 is 23.5 Å². The van der Waals surface area contributed by atoms with Crippen LogP contribution in [0.2, 0.25) is 0 Å². The third-order valence-corrected chi connectivity index (χ3v) is 2.66. The number of nitrogens with one attached hydrogen (secondary N) is 1. The topological polar surface area (TPSA) is 66.4 Å². The monoisotopic (exact) mass is 271 g/mol. The van der Waals surface area contributed by atoms with E-state index in [4.69, 9.17) is 5.11 Å². The smallest absolute Gasteiger partial charge is 0.303 e. The number of rotatable bonds is 6. The molecule has 1 amide bonds. The maximum absolute atomic E-state index is 13.3. The number of hydrogen-bond acceptors (Lipinski definition) is 2. The molecule has 0 fully saturated rings. The van der Waals surface area contributed by atoms with Gasteiger partial charge in [-0.05, 0) is 24.5 Å². The maximum atomic E-state index is 13.3. The zero-order valence-electron chi connectivity index (χ0n) is 10.5. The second kappa shape index (κ2) is 6.82. The Morgan fingerprint density at radius 2 is 2.05 bits per heavy atom. The maximum Gasteiger partial charge on any atom is 0.303 e. The third kappa shape index (κ3) is 4.65. The summed E-state index contributed by atoms with van der Waals surface area (Å²) in [4.78, 5) is 22.0. The molecule has 0 aliphatic carbocycles. The predicted octanol–water partition coefficient (Wildman–Crippen LogP) is 2.20. The Labute approximate surface area is 109 Å². The molecule has 1 unspecified atom stereocenters. The fraction of sp³-hybridized carbons (Fsp3) is 0.385. The summed E-state index contributed by atoms with van der Waals surface area (Å²) in [6, 6.07) is 3.37. The van der Waals surface area contributed by atoms with Gasteiger partial charge in [0.05, 0.1) is 5.56 Å². The van der Waals surface area contributed by atoms with Gasteiger partial charge in [0, 0.05) is 13.0 Å². The molecular formula is C13H15F2NO3. The molecule has 0 saturated carbocycles. The highest BCUT2D eigenvalue weighted by molar-refractivity contribution is 5.94. The van der Waals surface area contributed by atoms with Gasteiger partial charge in [-0.1, -0.05) is 13.0 Å². The van der Waals surface area contributed by atoms with Crippen LogP contribution < -0.4 is 5.32 Å². The van der Waals surface area contributed by atoms with E-state index in [-0.39, 0.29) is 24.4 Å². The lowest BCUT2D eigenvalue weighted by molar-refractivity contribution is -0.137. The molecule has 1 rings (SSSR count). The summed E-state index contributed by atoms with van der Waals surface area (Å²) in [6.45, 7) is 1.98. The summed E-state index contributed by atoms with van der Waals surface area (Å²) in [6.07, 6.45) is 0.409. The summed E-state index contributed by atoms with van der Waals surface area (Å²) in [5, 5.41) is 11.0. The molecule has 1 aromatic carbocycles. The van der Waals surface area contributed by atoms with Crippen molar-refractivity contribution >= 4 is 11.9 Å². The first-order chi connectivity index (χ1) is 8.91. The van der Waals surface area contributed by atoms with Gasteiger partial charge < -0.3 is 10.4 Å². The molecule has 0 heterocycles. The highest BCUT2D eigenvalue weighted by Crippen LogP contribution is 2.11. The second-order valence-electron chi connectivity index (χ2n) is 4.35. The normalized spacial score (nSPS) is 11.9. The van der Waals surface area contributed by atoms with Crippen LogP contribution in [0, 0.1) is 17.6 Å². The molecule has 1 aromatic rings. The van der Waals surface area contributed by atoms with Crippen LogP contribution in [-0.2, 0) is 4.79 Å². The molecule has 2 N–H and O–H groups in total. The van der Waals surface area contributed by atoms with E-state index in [0.29, 0.717) is 6.42 Å². The first-order valence-corrected chi connectivity index (χ1v) is 5.85. The van der Waals surface area contributed by atoms with Crippen molar-refractivity contribution in [1.29, 1.82) is 0 Å². The number of carboxylic acid groups (broad SMARTS) is 1. The Hall–Kier alpha value is -1.98. The van der Waals surface area contributed by atoms with E-state index >= 15 is 0 Å². The Bertz CT molecular complexity index is 477. The second-order valence-corrected chi connectivity index (χ2v) is 4.35. The van der Waals surface area contributed by atoms with E-state index in [1.807, 2.05) is 0 Å². The van der Waals surface area contributed by atoms with Crippen molar-refractivity contribution < 1.29 is 23.5 Å². The average molecular weight is 271 g/mol. The van der Waals surface area contributed by atoms with Crippen LogP contribution in [0.4, 0.5) is 8.78 Å². The number of carbonyl (C=O) groups excluding carboxylic acids is 1. The van der Waals surface area contributed by atoms with Gasteiger partial charge in [0.2, 0.25) is 0 Å². The van der Waals surface area contributed by atoms with Crippen LogP contribution in [0.15, 0.2) is 18.2 Å². The van der Waals surface area contributed by atoms with Gasteiger partial charge >= 0.3 is 5.97 Å². The SMILES string of the molecule is CC(CCC(=O)O)CNC(=O)c1cccc(F)c1F. The minimum Gasteiger partial charge on any atom is -0.481 e. The van der Waals surface area contributed by atoms with Crippen LogP contribution >= 0.6 is 0 Å². The van der Waals surface area contributed by atoms with Crippen molar-refractivity contribution in [2.45, 2.75) is 19.8 Å². The molecule has 0 saturated heterocycles. The molecule has 104 valence electrons. The number of aliphatic carboxylic acids is 1. The lowest BCUT2D eigenvalue weighted by Gasteiger charge is -2.11. The van der Waals surface area contributed by atoms with Crippen molar-refractivity contribution in [3.63, 3.8) is 0 Å². The van der Waals surface area contributed by atoms with Gasteiger partial charge in [0.1, 0.15) is 0 Å². The van der Waals surface area contributed by atoms with E-state index in [9.17, 15) is 18.4 Å². The third-order valence-electron chi connectivity index (χ3n) is 2.66. The van der Waals surface area contributed by atoms with Gasteiger partial charge in [-0.25, -0.2) is 8.78 Å². The first kappa shape index (κ1) is 15.1.